The molecule has 3 unspecified atom stereocenters. The van der Waals surface area contributed by atoms with Crippen LogP contribution >= 0.6 is 7.82 Å². The van der Waals surface area contributed by atoms with E-state index < -0.39 is 20.0 Å². The van der Waals surface area contributed by atoms with Gasteiger partial charge in [-0.3, -0.25) is 13.8 Å². The van der Waals surface area contributed by atoms with Crippen LogP contribution in [0.4, 0.5) is 0 Å². The molecule has 5 N–H and O–H groups in total. The Hall–Kier alpha value is -1.80. The average Bonchev–Trinajstić information content (AvgIpc) is 3.07. The van der Waals surface area contributed by atoms with Gasteiger partial charge in [0.15, 0.2) is 0 Å². The van der Waals surface area contributed by atoms with Gasteiger partial charge in [-0.15, -0.1) is 0 Å². The number of rotatable bonds is 34. The topological polar surface area (TPSA) is 131 Å². The molecule has 0 aromatic carbocycles. The molecule has 48 heavy (non-hydrogen) atoms. The number of nitrogens with two attached hydrogens (primary N) is 1. The maximum Gasteiger partial charge on any atom is 0.472 e. The predicted molar refractivity (Wildman–Crippen MR) is 203 cm³/mol. The van der Waals surface area contributed by atoms with Crippen molar-refractivity contribution in [3.63, 3.8) is 0 Å². The van der Waals surface area contributed by atoms with E-state index in [0.29, 0.717) is 6.42 Å². The van der Waals surface area contributed by atoms with Gasteiger partial charge in [-0.05, 0) is 64.2 Å². The fourth-order valence-electron chi connectivity index (χ4n) is 4.98. The van der Waals surface area contributed by atoms with Crippen molar-refractivity contribution >= 4 is 13.7 Å². The normalized spacial score (nSPS) is 15.0. The highest BCUT2D eigenvalue weighted by atomic mass is 31.2. The molecule has 0 aromatic rings. The number of amides is 1. The van der Waals surface area contributed by atoms with E-state index in [1.54, 1.807) is 6.08 Å². The van der Waals surface area contributed by atoms with Crippen LogP contribution in [0.3, 0.4) is 0 Å². The number of unbranched alkanes of at least 4 members (excludes halogenated alkanes) is 14. The van der Waals surface area contributed by atoms with Crippen molar-refractivity contribution in [2.24, 2.45) is 5.73 Å². The molecule has 0 bridgehead atoms. The smallest absolute Gasteiger partial charge is 0.387 e. The van der Waals surface area contributed by atoms with Gasteiger partial charge in [-0.1, -0.05) is 139 Å². The maximum absolute atomic E-state index is 12.7. The molecular formula is C39H71N2O6P. The Kier molecular flexibility index (Phi) is 33.7. The van der Waals surface area contributed by atoms with Crippen LogP contribution in [-0.2, 0) is 18.4 Å². The summed E-state index contributed by atoms with van der Waals surface area (Å²) in [5.74, 6) is -0.225. The van der Waals surface area contributed by atoms with Crippen molar-refractivity contribution < 1.29 is 28.4 Å². The Morgan fingerprint density at radius 2 is 1.23 bits per heavy atom. The fourth-order valence-corrected chi connectivity index (χ4v) is 5.74. The van der Waals surface area contributed by atoms with Gasteiger partial charge in [0.25, 0.3) is 0 Å². The van der Waals surface area contributed by atoms with Crippen LogP contribution in [0.25, 0.3) is 0 Å². The van der Waals surface area contributed by atoms with E-state index in [1.807, 2.05) is 6.08 Å². The highest BCUT2D eigenvalue weighted by molar-refractivity contribution is 7.47. The van der Waals surface area contributed by atoms with Crippen molar-refractivity contribution in [3.05, 3.63) is 60.8 Å². The lowest BCUT2D eigenvalue weighted by Crippen LogP contribution is -2.45. The Bertz CT molecular complexity index is 933. The largest absolute Gasteiger partial charge is 0.472 e. The monoisotopic (exact) mass is 695 g/mol. The van der Waals surface area contributed by atoms with E-state index in [4.69, 9.17) is 14.8 Å². The minimum atomic E-state index is -4.35. The molecule has 0 fully saturated rings. The number of aliphatic hydroxyl groups is 1. The zero-order valence-corrected chi connectivity index (χ0v) is 31.3. The first-order valence-corrected chi connectivity index (χ1v) is 20.4. The van der Waals surface area contributed by atoms with Crippen LogP contribution in [-0.4, -0.2) is 47.8 Å². The number of phosphoric ester groups is 1. The number of hydrogen-bond acceptors (Lipinski definition) is 6. The lowest BCUT2D eigenvalue weighted by Gasteiger charge is -2.23. The van der Waals surface area contributed by atoms with Gasteiger partial charge >= 0.3 is 7.82 Å². The second-order valence-electron chi connectivity index (χ2n) is 12.4. The lowest BCUT2D eigenvalue weighted by molar-refractivity contribution is -0.123. The molecule has 3 atom stereocenters. The quantitative estimate of drug-likeness (QED) is 0.0300. The Labute approximate surface area is 294 Å². The summed E-state index contributed by atoms with van der Waals surface area (Å²) in [5.41, 5.74) is 5.35. The molecule has 0 saturated carbocycles. The van der Waals surface area contributed by atoms with E-state index in [9.17, 15) is 19.4 Å². The number of hydrogen-bond donors (Lipinski definition) is 4. The van der Waals surface area contributed by atoms with Gasteiger partial charge in [0.2, 0.25) is 5.91 Å². The summed E-state index contributed by atoms with van der Waals surface area (Å²) in [6, 6.07) is -0.886. The van der Waals surface area contributed by atoms with Crippen LogP contribution in [0, 0.1) is 0 Å². The molecular weight excluding hydrogens is 623 g/mol. The third kappa shape index (κ3) is 32.7. The Balaban J connectivity index is 4.42. The summed E-state index contributed by atoms with van der Waals surface area (Å²) in [4.78, 5) is 22.6. The van der Waals surface area contributed by atoms with Gasteiger partial charge in [0.1, 0.15) is 0 Å². The predicted octanol–water partition coefficient (Wildman–Crippen LogP) is 9.94. The molecule has 0 aliphatic carbocycles. The molecule has 0 radical (unpaired) electrons. The molecule has 0 rings (SSSR count). The van der Waals surface area contributed by atoms with E-state index in [-0.39, 0.29) is 25.7 Å². The van der Waals surface area contributed by atoms with Crippen LogP contribution in [0.1, 0.15) is 149 Å². The van der Waals surface area contributed by atoms with E-state index in [1.165, 1.54) is 51.4 Å². The van der Waals surface area contributed by atoms with Crippen molar-refractivity contribution in [3.8, 4) is 0 Å². The summed E-state index contributed by atoms with van der Waals surface area (Å²) in [6.45, 7) is 3.95. The number of nitrogens with one attached hydrogen (secondary N) is 1. The molecule has 0 saturated heterocycles. The number of carbonyl (C=O) groups excluding carboxylic acids is 1. The van der Waals surface area contributed by atoms with Crippen molar-refractivity contribution in [2.75, 3.05) is 19.8 Å². The molecule has 1 amide bonds. The van der Waals surface area contributed by atoms with Crippen LogP contribution in [0.5, 0.6) is 0 Å². The molecule has 9 heteroatoms. The highest BCUT2D eigenvalue weighted by Crippen LogP contribution is 2.43. The summed E-state index contributed by atoms with van der Waals surface area (Å²) < 4.78 is 22.0. The van der Waals surface area contributed by atoms with Gasteiger partial charge in [-0.2, -0.15) is 0 Å². The van der Waals surface area contributed by atoms with Crippen molar-refractivity contribution in [2.45, 2.75) is 161 Å². The average molecular weight is 695 g/mol. The van der Waals surface area contributed by atoms with Crippen molar-refractivity contribution in [1.82, 2.24) is 5.32 Å². The molecule has 278 valence electrons. The number of phosphoric acid groups is 1. The summed E-state index contributed by atoms with van der Waals surface area (Å²) >= 11 is 0. The van der Waals surface area contributed by atoms with Crippen LogP contribution < -0.4 is 11.1 Å². The molecule has 0 spiro atoms. The molecule has 8 nitrogen and oxygen atoms in total. The van der Waals surface area contributed by atoms with E-state index in [2.05, 4.69) is 67.8 Å². The second kappa shape index (κ2) is 35.0. The summed E-state index contributed by atoms with van der Waals surface area (Å²) in [6.07, 6.45) is 42.6. The second-order valence-corrected chi connectivity index (χ2v) is 13.8. The standard InChI is InChI=1S/C39H71N2O6P/c1-3-5-7-9-11-13-15-17-19-21-23-25-27-29-31-33-39(43)41-37(36-47-48(44,45)46-35-34-40)38(42)32-30-28-26-24-22-20-18-16-14-12-10-8-6-4-2/h5,7,11,13,17,19,22,24,30,32,37-38,42H,3-4,6,8-10,12,14-16,18,20-21,23,25-29,31,33-36,40H2,1-2H3,(H,41,43)(H,44,45)/b7-5-,13-11-,19-17-,24-22+,32-30+. The minimum absolute atomic E-state index is 0.0682. The number of carbonyl (C=O) groups is 1. The first-order chi connectivity index (χ1) is 23.4. The third-order valence-electron chi connectivity index (χ3n) is 7.83. The minimum Gasteiger partial charge on any atom is -0.387 e. The fraction of sp³-hybridized carbons (Fsp3) is 0.718. The molecule has 0 aliphatic heterocycles. The van der Waals surface area contributed by atoms with Crippen LogP contribution in [0.15, 0.2) is 60.8 Å². The zero-order chi connectivity index (χ0) is 35.4. The zero-order valence-electron chi connectivity index (χ0n) is 30.5. The van der Waals surface area contributed by atoms with Crippen molar-refractivity contribution in [1.29, 1.82) is 0 Å². The number of aliphatic hydroxyl groups excluding tert-OH is 1. The summed E-state index contributed by atoms with van der Waals surface area (Å²) in [7, 11) is -4.35. The van der Waals surface area contributed by atoms with Gasteiger partial charge in [0.05, 0.1) is 25.4 Å². The first kappa shape index (κ1) is 46.2. The molecule has 0 aromatic heterocycles. The Morgan fingerprint density at radius 1 is 0.708 bits per heavy atom. The van der Waals surface area contributed by atoms with Gasteiger partial charge < -0.3 is 21.1 Å². The van der Waals surface area contributed by atoms with E-state index in [0.717, 1.165) is 77.0 Å². The van der Waals surface area contributed by atoms with E-state index >= 15 is 0 Å². The molecule has 0 heterocycles. The van der Waals surface area contributed by atoms with Gasteiger partial charge in [0, 0.05) is 13.0 Å². The summed E-state index contributed by atoms with van der Waals surface area (Å²) in [5, 5.41) is 13.6. The maximum atomic E-state index is 12.7. The molecule has 0 aliphatic rings. The first-order valence-electron chi connectivity index (χ1n) is 18.9. The van der Waals surface area contributed by atoms with Gasteiger partial charge in [-0.25, -0.2) is 4.57 Å². The number of allylic oxidation sites excluding steroid dienone is 9. The Morgan fingerprint density at radius 3 is 1.85 bits per heavy atom. The SMILES string of the molecule is CC/C=C\C/C=C\C/C=C\CCCCCCCC(=O)NC(COP(=O)(O)OCCN)C(O)/C=C/CC/C=C/CCCCCCCCCC. The third-order valence-corrected chi connectivity index (χ3v) is 8.81. The van der Waals surface area contributed by atoms with Crippen LogP contribution in [0.2, 0.25) is 0 Å². The lowest BCUT2D eigenvalue weighted by atomic mass is 10.1. The highest BCUT2D eigenvalue weighted by Gasteiger charge is 2.26.